The summed E-state index contributed by atoms with van der Waals surface area (Å²) in [6, 6.07) is 7.41. The van der Waals surface area contributed by atoms with Crippen molar-refractivity contribution in [1.82, 2.24) is 15.0 Å². The van der Waals surface area contributed by atoms with Crippen LogP contribution in [-0.4, -0.2) is 22.1 Å². The molecule has 5 nitrogen and oxygen atoms in total. The average Bonchev–Trinajstić information content (AvgIpc) is 2.28. The summed E-state index contributed by atoms with van der Waals surface area (Å²) >= 11 is 4.89. The fraction of sp³-hybridized carbons (Fsp3) is 0.100. The lowest BCUT2D eigenvalue weighted by Crippen LogP contribution is -1.99. The summed E-state index contributed by atoms with van der Waals surface area (Å²) in [5.74, 6) is 1.63. The maximum absolute atomic E-state index is 5.55. The molecule has 0 fully saturated rings. The van der Waals surface area contributed by atoms with E-state index in [-0.39, 0.29) is 10.7 Å². The number of H-pyrrole nitrogens is 1. The fourth-order valence-electron chi connectivity index (χ4n) is 1.29. The number of nitrogens with one attached hydrogen (secondary N) is 1. The van der Waals surface area contributed by atoms with Crippen LogP contribution in [0.3, 0.4) is 0 Å². The zero-order chi connectivity index (χ0) is 11.5. The molecule has 0 saturated heterocycles. The molecule has 16 heavy (non-hydrogen) atoms. The highest BCUT2D eigenvalue weighted by atomic mass is 32.1. The molecule has 3 N–H and O–H groups in total. The Labute approximate surface area is 97.3 Å². The monoisotopic (exact) mass is 234 g/mol. The van der Waals surface area contributed by atoms with Crippen molar-refractivity contribution in [3.05, 3.63) is 29.0 Å². The number of rotatable bonds is 2. The third kappa shape index (κ3) is 2.17. The van der Waals surface area contributed by atoms with Crippen LogP contribution in [0.1, 0.15) is 0 Å². The third-order valence-electron chi connectivity index (χ3n) is 2.03. The number of hydrogen-bond donors (Lipinski definition) is 2. The predicted molar refractivity (Wildman–Crippen MR) is 63.6 cm³/mol. The molecule has 1 aromatic heterocycles. The summed E-state index contributed by atoms with van der Waals surface area (Å²) in [6.07, 6.45) is 0. The van der Waals surface area contributed by atoms with E-state index in [4.69, 9.17) is 22.7 Å². The highest BCUT2D eigenvalue weighted by Gasteiger charge is 2.01. The summed E-state index contributed by atoms with van der Waals surface area (Å²) in [5.41, 5.74) is 6.43. The smallest absolute Gasteiger partial charge is 0.224 e. The van der Waals surface area contributed by atoms with Crippen molar-refractivity contribution in [2.24, 2.45) is 0 Å². The highest BCUT2D eigenvalue weighted by Crippen LogP contribution is 2.18. The van der Waals surface area contributed by atoms with E-state index in [0.29, 0.717) is 5.82 Å². The van der Waals surface area contributed by atoms with Crippen LogP contribution in [-0.2, 0) is 0 Å². The van der Waals surface area contributed by atoms with Crippen molar-refractivity contribution in [1.29, 1.82) is 0 Å². The van der Waals surface area contributed by atoms with Gasteiger partial charge in [0, 0.05) is 5.56 Å². The van der Waals surface area contributed by atoms with E-state index >= 15 is 0 Å². The van der Waals surface area contributed by atoms with Crippen molar-refractivity contribution in [3.63, 3.8) is 0 Å². The molecule has 1 aromatic carbocycles. The molecule has 0 atom stereocenters. The lowest BCUT2D eigenvalue weighted by Gasteiger charge is -2.03. The normalized spacial score (nSPS) is 10.1. The molecule has 0 aliphatic carbocycles. The predicted octanol–water partition coefficient (Wildman–Crippen LogP) is 1.79. The molecule has 0 amide bonds. The Hall–Kier alpha value is -1.95. The van der Waals surface area contributed by atoms with Crippen LogP contribution in [0.4, 0.5) is 5.95 Å². The van der Waals surface area contributed by atoms with E-state index in [2.05, 4.69) is 15.0 Å². The Balaban J connectivity index is 2.46. The SMILES string of the molecule is COc1ccc(-c2nc(=S)nc(N)[nH]2)cc1. The number of hydrogen-bond acceptors (Lipinski definition) is 5. The van der Waals surface area contributed by atoms with Crippen LogP contribution in [0.2, 0.25) is 0 Å². The molecule has 2 aromatic rings. The number of ether oxygens (including phenoxy) is 1. The number of aromatic amines is 1. The molecular formula is C10H10N4OS. The minimum absolute atomic E-state index is 0.224. The lowest BCUT2D eigenvalue weighted by molar-refractivity contribution is 0.415. The van der Waals surface area contributed by atoms with E-state index in [0.717, 1.165) is 11.3 Å². The van der Waals surface area contributed by atoms with Gasteiger partial charge in [-0.2, -0.15) is 4.98 Å². The number of nitrogen functional groups attached to an aromatic ring is 1. The van der Waals surface area contributed by atoms with Gasteiger partial charge in [0.1, 0.15) is 11.6 Å². The number of nitrogens with two attached hydrogens (primary N) is 1. The van der Waals surface area contributed by atoms with E-state index in [1.165, 1.54) is 0 Å². The standard InChI is InChI=1S/C10H10N4OS/c1-15-7-4-2-6(3-5-7)8-12-9(11)14-10(16)13-8/h2-5H,1H3,(H3,11,12,13,14,16). The highest BCUT2D eigenvalue weighted by molar-refractivity contribution is 7.71. The Morgan fingerprint density at radius 1 is 1.25 bits per heavy atom. The van der Waals surface area contributed by atoms with Crippen LogP contribution in [0.15, 0.2) is 24.3 Å². The van der Waals surface area contributed by atoms with Gasteiger partial charge >= 0.3 is 0 Å². The first-order valence-corrected chi connectivity index (χ1v) is 4.98. The quantitative estimate of drug-likeness (QED) is 0.775. The zero-order valence-electron chi connectivity index (χ0n) is 8.60. The fourth-order valence-corrected chi connectivity index (χ4v) is 1.48. The third-order valence-corrected chi connectivity index (χ3v) is 2.22. The zero-order valence-corrected chi connectivity index (χ0v) is 9.41. The Bertz CT molecular complexity index is 549. The molecule has 0 aliphatic rings. The number of nitrogens with zero attached hydrogens (tertiary/aromatic N) is 2. The molecule has 2 rings (SSSR count). The van der Waals surface area contributed by atoms with Crippen LogP contribution < -0.4 is 10.5 Å². The van der Waals surface area contributed by atoms with Crippen LogP contribution >= 0.6 is 12.2 Å². The van der Waals surface area contributed by atoms with E-state index < -0.39 is 0 Å². The van der Waals surface area contributed by atoms with Crippen LogP contribution in [0.25, 0.3) is 11.4 Å². The summed E-state index contributed by atoms with van der Waals surface area (Å²) in [6.45, 7) is 0. The summed E-state index contributed by atoms with van der Waals surface area (Å²) in [7, 11) is 1.62. The first kappa shape index (κ1) is 10.6. The minimum atomic E-state index is 0.224. The molecule has 0 unspecified atom stereocenters. The van der Waals surface area contributed by atoms with E-state index in [9.17, 15) is 0 Å². The molecule has 1 heterocycles. The van der Waals surface area contributed by atoms with Crippen LogP contribution in [0.5, 0.6) is 5.75 Å². The number of anilines is 1. The second-order valence-corrected chi connectivity index (χ2v) is 3.46. The van der Waals surface area contributed by atoms with Gasteiger partial charge in [-0.1, -0.05) is 0 Å². The first-order valence-electron chi connectivity index (χ1n) is 4.57. The first-order chi connectivity index (χ1) is 7.69. The van der Waals surface area contributed by atoms with E-state index in [1.807, 2.05) is 24.3 Å². The lowest BCUT2D eigenvalue weighted by atomic mass is 10.2. The molecule has 0 bridgehead atoms. The van der Waals surface area contributed by atoms with Crippen molar-refractivity contribution in [2.45, 2.75) is 0 Å². The van der Waals surface area contributed by atoms with Crippen LogP contribution in [0, 0.1) is 4.77 Å². The Morgan fingerprint density at radius 3 is 2.50 bits per heavy atom. The van der Waals surface area contributed by atoms with Crippen molar-refractivity contribution < 1.29 is 4.74 Å². The average molecular weight is 234 g/mol. The topological polar surface area (TPSA) is 76.8 Å². The second kappa shape index (κ2) is 4.28. The minimum Gasteiger partial charge on any atom is -0.497 e. The number of methoxy groups -OCH3 is 1. The van der Waals surface area contributed by atoms with Gasteiger partial charge in [0.15, 0.2) is 0 Å². The maximum Gasteiger partial charge on any atom is 0.224 e. The molecule has 82 valence electrons. The number of benzene rings is 1. The molecule has 0 aliphatic heterocycles. The van der Waals surface area contributed by atoms with Gasteiger partial charge in [-0.3, -0.25) is 0 Å². The van der Waals surface area contributed by atoms with Crippen molar-refractivity contribution in [3.8, 4) is 17.1 Å². The Morgan fingerprint density at radius 2 is 1.94 bits per heavy atom. The maximum atomic E-state index is 5.55. The van der Waals surface area contributed by atoms with E-state index in [1.54, 1.807) is 7.11 Å². The molecule has 0 radical (unpaired) electrons. The van der Waals surface area contributed by atoms with Gasteiger partial charge in [-0.05, 0) is 36.5 Å². The van der Waals surface area contributed by atoms with Gasteiger partial charge in [0.25, 0.3) is 0 Å². The molecular weight excluding hydrogens is 224 g/mol. The van der Waals surface area contributed by atoms with Gasteiger partial charge in [-0.15, -0.1) is 0 Å². The summed E-state index contributed by atoms with van der Waals surface area (Å²) in [4.78, 5) is 10.7. The van der Waals surface area contributed by atoms with Crippen molar-refractivity contribution in [2.75, 3.05) is 12.8 Å². The molecule has 6 heteroatoms. The summed E-state index contributed by atoms with van der Waals surface area (Å²) in [5, 5.41) is 0. The molecule has 0 spiro atoms. The van der Waals surface area contributed by atoms with Crippen molar-refractivity contribution >= 4 is 18.2 Å². The summed E-state index contributed by atoms with van der Waals surface area (Å²) < 4.78 is 5.29. The largest absolute Gasteiger partial charge is 0.497 e. The molecule has 0 saturated carbocycles. The Kier molecular flexibility index (Phi) is 2.82. The second-order valence-electron chi connectivity index (χ2n) is 3.09. The number of aromatic nitrogens is 3. The van der Waals surface area contributed by atoms with Gasteiger partial charge < -0.3 is 15.5 Å². The van der Waals surface area contributed by atoms with Gasteiger partial charge in [-0.25, -0.2) is 4.98 Å². The van der Waals surface area contributed by atoms with Gasteiger partial charge in [0.2, 0.25) is 10.7 Å². The van der Waals surface area contributed by atoms with Gasteiger partial charge in [0.05, 0.1) is 7.11 Å².